The van der Waals surface area contributed by atoms with E-state index in [1.165, 1.54) is 183 Å². The normalized spacial score (nSPS) is 11.6. The van der Waals surface area contributed by atoms with Gasteiger partial charge in [0.25, 0.3) is 0 Å². The van der Waals surface area contributed by atoms with E-state index in [-0.39, 0.29) is 65.2 Å². The Kier molecular flexibility index (Phi) is 65.5. The van der Waals surface area contributed by atoms with E-state index >= 15 is 0 Å². The molecule has 0 aliphatic heterocycles. The molecule has 0 aromatic rings. The fraction of sp³-hybridized carbons (Fsp3) is 0.885. The van der Waals surface area contributed by atoms with Gasteiger partial charge < -0.3 is 44.1 Å². The van der Waals surface area contributed by atoms with Gasteiger partial charge in [0.05, 0.1) is 45.9 Å². The molecule has 0 aliphatic carbocycles. The highest BCUT2D eigenvalue weighted by Crippen LogP contribution is 2.26. The third kappa shape index (κ3) is 63.7. The van der Waals surface area contributed by atoms with Gasteiger partial charge in [-0.2, -0.15) is 0 Å². The fourth-order valence-electron chi connectivity index (χ4n) is 12.2. The highest BCUT2D eigenvalue weighted by Gasteiger charge is 2.45. The van der Waals surface area contributed by atoms with Crippen LogP contribution in [-0.4, -0.2) is 181 Å². The van der Waals surface area contributed by atoms with Crippen molar-refractivity contribution in [3.8, 4) is 0 Å². The molecule has 0 saturated carbocycles. The minimum atomic E-state index is -1.75. The summed E-state index contributed by atoms with van der Waals surface area (Å²) in [7, 11) is 0. The van der Waals surface area contributed by atoms with Crippen LogP contribution in [0.4, 0.5) is 0 Å². The van der Waals surface area contributed by atoms with Gasteiger partial charge >= 0.3 is 53.7 Å². The molecule has 0 rings (SSSR count). The monoisotopic (exact) mass is 1410 g/mol. The summed E-state index contributed by atoms with van der Waals surface area (Å²) in [6.45, 7) is 3.02. The number of aliphatic carboxylic acids is 4. The average molecular weight is 1410 g/mol. The first kappa shape index (κ1) is 94.1. The van der Waals surface area contributed by atoms with Gasteiger partial charge in [-0.25, -0.2) is 0 Å². The van der Waals surface area contributed by atoms with Crippen LogP contribution in [0.5, 0.6) is 0 Å². The number of carboxylic acid groups (broad SMARTS) is 4. The quantitative estimate of drug-likeness (QED) is 0.0250. The summed E-state index contributed by atoms with van der Waals surface area (Å²) in [6.07, 6.45) is 53.6. The topological polar surface area (TPSA) is 290 Å². The van der Waals surface area contributed by atoms with Crippen molar-refractivity contribution >= 4 is 53.7 Å². The molecule has 0 aromatic carbocycles. The molecule has 99 heavy (non-hydrogen) atoms. The maximum Gasteiger partial charge on any atom is 0.322 e. The molecule has 578 valence electrons. The van der Waals surface area contributed by atoms with Gasteiger partial charge in [-0.15, -0.1) is 0 Å². The first-order chi connectivity index (χ1) is 48.0. The lowest BCUT2D eigenvalue weighted by Crippen LogP contribution is -2.47. The molecule has 0 radical (unpaired) electrons. The van der Waals surface area contributed by atoms with Crippen molar-refractivity contribution in [2.45, 2.75) is 348 Å². The zero-order chi connectivity index (χ0) is 72.9. The summed E-state index contributed by atoms with van der Waals surface area (Å²) < 4.78 is 28.9. The Hall–Kier alpha value is -4.89. The average Bonchev–Trinajstić information content (AvgIpc) is 0.831. The molecule has 0 atom stereocenters. The van der Waals surface area contributed by atoms with Crippen LogP contribution in [0.1, 0.15) is 348 Å². The van der Waals surface area contributed by atoms with Gasteiger partial charge in [-0.3, -0.25) is 57.9 Å². The third-order valence-electron chi connectivity index (χ3n) is 18.5. The SMILES string of the molecule is CCCCCCCCCCCCCCCC(=O)OCC(COC(=O)CCCCCCCCCCCCCCC)(COC(=O)CCCCCCCCCCCCCCC)C(=O)OCCCCCCCCCCCOC(=O)CN(CCN(CCN(CC(=O)O)CC(=O)O)CC(=O)O)CC(=O)O. The lowest BCUT2D eigenvalue weighted by molar-refractivity contribution is -0.180. The molecule has 0 aromatic heterocycles. The van der Waals surface area contributed by atoms with Crippen LogP contribution in [0.25, 0.3) is 0 Å². The van der Waals surface area contributed by atoms with Gasteiger partial charge in [-0.1, -0.05) is 297 Å². The number of carbonyl (C=O) groups excluding carboxylic acids is 5. The molecule has 0 fully saturated rings. The highest BCUT2D eigenvalue weighted by molar-refractivity contribution is 5.80. The first-order valence-corrected chi connectivity index (χ1v) is 39.8. The number of hydrogen-bond acceptors (Lipinski definition) is 17. The van der Waals surface area contributed by atoms with Crippen LogP contribution in [0.15, 0.2) is 0 Å². The Balaban J connectivity index is 5.57. The number of esters is 5. The second-order valence-corrected chi connectivity index (χ2v) is 28.1. The van der Waals surface area contributed by atoms with E-state index < -0.39 is 105 Å². The summed E-state index contributed by atoms with van der Waals surface area (Å²) in [5.41, 5.74) is -1.75. The Morgan fingerprint density at radius 3 is 0.717 bits per heavy atom. The molecule has 0 saturated heterocycles. The predicted molar refractivity (Wildman–Crippen MR) is 390 cm³/mol. The lowest BCUT2D eigenvalue weighted by atomic mass is 9.91. The summed E-state index contributed by atoms with van der Waals surface area (Å²) >= 11 is 0. The number of rotatable bonds is 77. The number of carbonyl (C=O) groups is 9. The van der Waals surface area contributed by atoms with Crippen LogP contribution in [-0.2, 0) is 66.8 Å². The first-order valence-electron chi connectivity index (χ1n) is 39.8. The van der Waals surface area contributed by atoms with Gasteiger partial charge in [0, 0.05) is 45.4 Å². The van der Waals surface area contributed by atoms with Crippen molar-refractivity contribution < 1.29 is 87.3 Å². The minimum absolute atomic E-state index is 0.00749. The van der Waals surface area contributed by atoms with E-state index in [2.05, 4.69) is 20.8 Å². The van der Waals surface area contributed by atoms with Gasteiger partial charge in [-0.05, 0) is 32.1 Å². The van der Waals surface area contributed by atoms with E-state index in [0.717, 1.165) is 108 Å². The maximum absolute atomic E-state index is 14.4. The van der Waals surface area contributed by atoms with Crippen molar-refractivity contribution in [2.24, 2.45) is 5.41 Å². The Morgan fingerprint density at radius 2 is 0.455 bits per heavy atom. The molecule has 21 heteroatoms. The zero-order valence-electron chi connectivity index (χ0n) is 62.8. The molecular formula is C78H143N3O18. The summed E-state index contributed by atoms with van der Waals surface area (Å²) in [6, 6.07) is 0. The van der Waals surface area contributed by atoms with Gasteiger partial charge in [0.1, 0.15) is 19.8 Å². The van der Waals surface area contributed by atoms with E-state index in [1.807, 2.05) is 0 Å². The smallest absolute Gasteiger partial charge is 0.322 e. The third-order valence-corrected chi connectivity index (χ3v) is 18.5. The fourth-order valence-corrected chi connectivity index (χ4v) is 12.2. The Labute approximate surface area is 598 Å². The molecule has 0 heterocycles. The number of ether oxygens (including phenoxy) is 5. The Morgan fingerprint density at radius 1 is 0.242 bits per heavy atom. The van der Waals surface area contributed by atoms with Crippen LogP contribution in [0.3, 0.4) is 0 Å². The van der Waals surface area contributed by atoms with Crippen molar-refractivity contribution in [1.29, 1.82) is 0 Å². The second kappa shape index (κ2) is 68.9. The lowest BCUT2D eigenvalue weighted by Gasteiger charge is -2.30. The number of unbranched alkanes of at least 4 members (excludes halogenated alkanes) is 44. The van der Waals surface area contributed by atoms with Crippen molar-refractivity contribution in [2.75, 3.05) is 91.9 Å². The molecule has 0 amide bonds. The number of nitrogens with zero attached hydrogens (tertiary/aromatic N) is 3. The van der Waals surface area contributed by atoms with Crippen LogP contribution in [0, 0.1) is 5.41 Å². The molecule has 4 N–H and O–H groups in total. The number of hydrogen-bond donors (Lipinski definition) is 4. The molecule has 0 unspecified atom stereocenters. The second-order valence-electron chi connectivity index (χ2n) is 28.1. The largest absolute Gasteiger partial charge is 0.480 e. The highest BCUT2D eigenvalue weighted by atomic mass is 16.6. The standard InChI is InChI=1S/C78H143N3O18/c1-4-7-10-13-16-19-22-25-28-32-37-42-47-52-73(90)97-66-78(67-98-74(91)53-48-43-38-33-29-26-23-20-17-14-11-8-5-2,68-99-75(92)54-49-44-39-34-30-27-24-21-18-15-12-9-6-3)77(94)96-60-51-46-41-36-31-35-40-45-50-59-95-76(93)65-81(64-72(88)89)58-56-79(61-69(82)83)55-57-80(62-70(84)85)63-71(86)87/h4-68H2,1-3H3,(H,82,83)(H,84,85)(H,86,87)(H,88,89). The molecule has 21 nitrogen and oxygen atoms in total. The molecular weight excluding hydrogens is 1270 g/mol. The van der Waals surface area contributed by atoms with Crippen molar-refractivity contribution in [3.05, 3.63) is 0 Å². The maximum atomic E-state index is 14.4. The predicted octanol–water partition coefficient (Wildman–Crippen LogP) is 16.9. The summed E-state index contributed by atoms with van der Waals surface area (Å²) in [5, 5.41) is 37.2. The van der Waals surface area contributed by atoms with E-state index in [1.54, 1.807) is 0 Å². The van der Waals surface area contributed by atoms with Crippen LogP contribution >= 0.6 is 0 Å². The van der Waals surface area contributed by atoms with Crippen LogP contribution in [0.2, 0.25) is 0 Å². The van der Waals surface area contributed by atoms with E-state index in [9.17, 15) is 53.4 Å². The zero-order valence-corrected chi connectivity index (χ0v) is 62.8. The Bertz CT molecular complexity index is 1900. The summed E-state index contributed by atoms with van der Waals surface area (Å²) in [4.78, 5) is 117. The van der Waals surface area contributed by atoms with E-state index in [0.29, 0.717) is 32.1 Å². The molecule has 0 spiro atoms. The molecule has 0 aliphatic rings. The van der Waals surface area contributed by atoms with Gasteiger partial charge in [0.15, 0.2) is 5.41 Å². The van der Waals surface area contributed by atoms with Gasteiger partial charge in [0.2, 0.25) is 0 Å². The van der Waals surface area contributed by atoms with E-state index in [4.69, 9.17) is 33.9 Å². The minimum Gasteiger partial charge on any atom is -0.480 e. The van der Waals surface area contributed by atoms with Crippen molar-refractivity contribution in [1.82, 2.24) is 14.7 Å². The molecule has 0 bridgehead atoms. The number of carboxylic acids is 4. The summed E-state index contributed by atoms with van der Waals surface area (Å²) in [5.74, 6) is -7.66. The van der Waals surface area contributed by atoms with Crippen LogP contribution < -0.4 is 0 Å². The van der Waals surface area contributed by atoms with Crippen molar-refractivity contribution in [3.63, 3.8) is 0 Å².